The summed E-state index contributed by atoms with van der Waals surface area (Å²) < 4.78 is 5.06. The molecule has 6 heteroatoms. The van der Waals surface area contributed by atoms with Crippen LogP contribution in [0.2, 0.25) is 0 Å². The van der Waals surface area contributed by atoms with Crippen LogP contribution in [0, 0.1) is 11.3 Å². The van der Waals surface area contributed by atoms with Gasteiger partial charge in [-0.15, -0.1) is 0 Å². The first-order valence-electron chi connectivity index (χ1n) is 7.20. The minimum atomic E-state index is -0.227. The molecule has 2 N–H and O–H groups in total. The van der Waals surface area contributed by atoms with Gasteiger partial charge in [-0.25, -0.2) is 4.98 Å². The van der Waals surface area contributed by atoms with Gasteiger partial charge in [0.2, 0.25) is 0 Å². The number of carbonyl (C=O) groups excluding carboxylic acids is 1. The lowest BCUT2D eigenvalue weighted by atomic mass is 10.1. The number of nitrogens with zero attached hydrogens (tertiary/aromatic N) is 2. The fourth-order valence-electron chi connectivity index (χ4n) is 2.04. The van der Waals surface area contributed by atoms with Crippen LogP contribution in [0.25, 0.3) is 0 Å². The lowest BCUT2D eigenvalue weighted by molar-refractivity contribution is 0.0924. The zero-order valence-electron chi connectivity index (χ0n) is 12.8. The van der Waals surface area contributed by atoms with Gasteiger partial charge in [-0.05, 0) is 25.9 Å². The van der Waals surface area contributed by atoms with Crippen molar-refractivity contribution < 1.29 is 9.53 Å². The van der Waals surface area contributed by atoms with E-state index in [1.165, 1.54) is 19.4 Å². The van der Waals surface area contributed by atoms with E-state index >= 15 is 0 Å². The molecule has 1 aliphatic rings. The number of piperidine rings is 1. The van der Waals surface area contributed by atoms with Gasteiger partial charge in [0.05, 0.1) is 7.11 Å². The quantitative estimate of drug-likeness (QED) is 0.880. The van der Waals surface area contributed by atoms with Gasteiger partial charge in [0.15, 0.2) is 0 Å². The summed E-state index contributed by atoms with van der Waals surface area (Å²) in [5, 5.41) is 15.0. The summed E-state index contributed by atoms with van der Waals surface area (Å²) >= 11 is 0. The van der Waals surface area contributed by atoms with Crippen molar-refractivity contribution in [1.82, 2.24) is 15.6 Å². The Morgan fingerprint density at radius 1 is 1.48 bits per heavy atom. The maximum Gasteiger partial charge on any atom is 0.270 e. The summed E-state index contributed by atoms with van der Waals surface area (Å²) in [5.41, 5.74) is 0.593. The van der Waals surface area contributed by atoms with Crippen molar-refractivity contribution >= 4 is 5.91 Å². The molecule has 1 saturated heterocycles. The first-order chi connectivity index (χ1) is 10.2. The molecule has 0 saturated carbocycles. The first-order valence-corrected chi connectivity index (χ1v) is 7.20. The molecule has 0 bridgehead atoms. The smallest absolute Gasteiger partial charge is 0.270 e. The second kappa shape index (κ2) is 8.93. The summed E-state index contributed by atoms with van der Waals surface area (Å²) in [5.74, 6) is 0.141. The third-order valence-electron chi connectivity index (χ3n) is 3.11. The molecule has 0 atom stereocenters. The maximum absolute atomic E-state index is 12.0. The number of nitrogens with one attached hydrogen (secondary N) is 2. The molecule has 0 aliphatic carbocycles. The predicted octanol–water partition coefficient (Wildman–Crippen LogP) is 1.47. The zero-order valence-corrected chi connectivity index (χ0v) is 12.8. The number of carbonyl (C=O) groups is 1. The van der Waals surface area contributed by atoms with Gasteiger partial charge in [-0.3, -0.25) is 4.79 Å². The van der Waals surface area contributed by atoms with Gasteiger partial charge < -0.3 is 15.4 Å². The highest BCUT2D eigenvalue weighted by Gasteiger charge is 2.18. The second-order valence-corrected chi connectivity index (χ2v) is 4.38. The number of aromatic nitrogens is 1. The molecule has 1 amide bonds. The molecule has 0 spiro atoms. The van der Waals surface area contributed by atoms with Crippen molar-refractivity contribution in [3.63, 3.8) is 0 Å². The first kappa shape index (κ1) is 16.9. The van der Waals surface area contributed by atoms with E-state index < -0.39 is 0 Å². The number of rotatable bonds is 3. The van der Waals surface area contributed by atoms with Crippen LogP contribution in [0.15, 0.2) is 12.3 Å². The van der Waals surface area contributed by atoms with Gasteiger partial charge in [-0.2, -0.15) is 5.26 Å². The Morgan fingerprint density at radius 3 is 2.71 bits per heavy atom. The largest absolute Gasteiger partial charge is 0.495 e. The van der Waals surface area contributed by atoms with Crippen molar-refractivity contribution in [3.8, 4) is 11.8 Å². The van der Waals surface area contributed by atoms with Gasteiger partial charge in [0.25, 0.3) is 5.91 Å². The summed E-state index contributed by atoms with van der Waals surface area (Å²) in [7, 11) is 1.46. The Hall–Kier alpha value is -2.13. The van der Waals surface area contributed by atoms with Gasteiger partial charge in [-0.1, -0.05) is 13.8 Å². The average Bonchev–Trinajstić information content (AvgIpc) is 2.56. The molecule has 0 unspecified atom stereocenters. The van der Waals surface area contributed by atoms with Crippen molar-refractivity contribution in [2.75, 3.05) is 20.2 Å². The third-order valence-corrected chi connectivity index (χ3v) is 3.11. The summed E-state index contributed by atoms with van der Waals surface area (Å²) in [6, 6.07) is 3.64. The van der Waals surface area contributed by atoms with E-state index in [1.807, 2.05) is 19.9 Å². The summed E-state index contributed by atoms with van der Waals surface area (Å²) in [4.78, 5) is 16.0. The standard InChI is InChI=1S/C13H16N4O2.C2H6/c1-19-12-6-11(16-8-9(12)7-14)13(18)17-10-2-4-15-5-3-10;1-2/h6,8,10,15H,2-5H2,1H3,(H,17,18);1-2H3. The lowest BCUT2D eigenvalue weighted by Gasteiger charge is -2.23. The van der Waals surface area contributed by atoms with Crippen LogP contribution in [0.1, 0.15) is 42.7 Å². The van der Waals surface area contributed by atoms with Crippen molar-refractivity contribution in [1.29, 1.82) is 5.26 Å². The van der Waals surface area contributed by atoms with E-state index in [0.29, 0.717) is 11.3 Å². The number of hydrogen-bond donors (Lipinski definition) is 2. The van der Waals surface area contributed by atoms with Crippen LogP contribution in [0.4, 0.5) is 0 Å². The van der Waals surface area contributed by atoms with Gasteiger partial charge >= 0.3 is 0 Å². The molecular weight excluding hydrogens is 268 g/mol. The molecule has 1 fully saturated rings. The lowest BCUT2D eigenvalue weighted by Crippen LogP contribution is -2.42. The Bertz CT molecular complexity index is 505. The van der Waals surface area contributed by atoms with Crippen LogP contribution < -0.4 is 15.4 Å². The monoisotopic (exact) mass is 290 g/mol. The number of methoxy groups -OCH3 is 1. The molecule has 2 rings (SSSR count). The number of ether oxygens (including phenoxy) is 1. The maximum atomic E-state index is 12.0. The van der Waals surface area contributed by atoms with Gasteiger partial charge in [0, 0.05) is 18.3 Å². The van der Waals surface area contributed by atoms with Crippen LogP contribution >= 0.6 is 0 Å². The fourth-order valence-corrected chi connectivity index (χ4v) is 2.04. The molecule has 0 radical (unpaired) electrons. The SMILES string of the molecule is CC.COc1cc(C(=O)NC2CCNCC2)ncc1C#N. The molecule has 2 heterocycles. The Kier molecular flexibility index (Phi) is 7.19. The van der Waals surface area contributed by atoms with Crippen molar-refractivity contribution in [3.05, 3.63) is 23.5 Å². The van der Waals surface area contributed by atoms with E-state index in [1.54, 1.807) is 0 Å². The molecule has 1 aromatic heterocycles. The predicted molar refractivity (Wildman–Crippen MR) is 80.2 cm³/mol. The Balaban J connectivity index is 0.00000106. The second-order valence-electron chi connectivity index (χ2n) is 4.38. The van der Waals surface area contributed by atoms with Crippen LogP contribution in [-0.2, 0) is 0 Å². The minimum Gasteiger partial charge on any atom is -0.495 e. The van der Waals surface area contributed by atoms with Crippen molar-refractivity contribution in [2.45, 2.75) is 32.7 Å². The van der Waals surface area contributed by atoms with Gasteiger partial charge in [0.1, 0.15) is 23.1 Å². The highest BCUT2D eigenvalue weighted by atomic mass is 16.5. The van der Waals surface area contributed by atoms with Crippen molar-refractivity contribution in [2.24, 2.45) is 0 Å². The molecule has 6 nitrogen and oxygen atoms in total. The van der Waals surface area contributed by atoms with E-state index in [4.69, 9.17) is 10.00 Å². The molecule has 0 aromatic carbocycles. The minimum absolute atomic E-state index is 0.178. The number of pyridine rings is 1. The molecule has 1 aliphatic heterocycles. The van der Waals surface area contributed by atoms with Crippen LogP contribution in [-0.4, -0.2) is 37.1 Å². The van der Waals surface area contributed by atoms with Crippen LogP contribution in [0.3, 0.4) is 0 Å². The summed E-state index contributed by atoms with van der Waals surface area (Å²) in [6.07, 6.45) is 3.19. The molecule has 1 aromatic rings. The third kappa shape index (κ3) is 4.72. The van der Waals surface area contributed by atoms with E-state index in [-0.39, 0.29) is 17.6 Å². The molecule has 21 heavy (non-hydrogen) atoms. The number of amides is 1. The normalized spacial score (nSPS) is 14.4. The number of hydrogen-bond acceptors (Lipinski definition) is 5. The highest BCUT2D eigenvalue weighted by Crippen LogP contribution is 2.17. The molecule has 114 valence electrons. The highest BCUT2D eigenvalue weighted by molar-refractivity contribution is 5.93. The molecular formula is C15H22N4O2. The van der Waals surface area contributed by atoms with E-state index in [2.05, 4.69) is 15.6 Å². The fraction of sp³-hybridized carbons (Fsp3) is 0.533. The zero-order chi connectivity index (χ0) is 15.7. The summed E-state index contributed by atoms with van der Waals surface area (Å²) in [6.45, 7) is 5.82. The van der Waals surface area contributed by atoms with E-state index in [0.717, 1.165) is 25.9 Å². The topological polar surface area (TPSA) is 87.0 Å². The average molecular weight is 290 g/mol. The van der Waals surface area contributed by atoms with E-state index in [9.17, 15) is 4.79 Å². The Labute approximate surface area is 125 Å². The number of nitriles is 1. The Morgan fingerprint density at radius 2 is 2.14 bits per heavy atom. The van der Waals surface area contributed by atoms with Crippen LogP contribution in [0.5, 0.6) is 5.75 Å².